The van der Waals surface area contributed by atoms with E-state index in [1.54, 1.807) is 12.1 Å². The number of nitrogens with one attached hydrogen (secondary N) is 1. The van der Waals surface area contributed by atoms with E-state index in [0.717, 1.165) is 11.1 Å². The van der Waals surface area contributed by atoms with Crippen LogP contribution in [0.15, 0.2) is 89.8 Å². The minimum atomic E-state index is -3.85. The zero-order valence-corrected chi connectivity index (χ0v) is 23.4. The number of carbonyl (C=O) groups excluding carboxylic acids is 1. The highest BCUT2D eigenvalue weighted by molar-refractivity contribution is 7.89. The van der Waals surface area contributed by atoms with Gasteiger partial charge in [-0.15, -0.1) is 0 Å². The fraction of sp³-hybridized carbons (Fsp3) is 0.367. The van der Waals surface area contributed by atoms with Crippen molar-refractivity contribution < 1.29 is 18.3 Å². The second-order valence-corrected chi connectivity index (χ2v) is 12.0. The van der Waals surface area contributed by atoms with Crippen LogP contribution in [0, 0.1) is 5.92 Å². The van der Waals surface area contributed by atoms with E-state index >= 15 is 0 Å². The van der Waals surface area contributed by atoms with Gasteiger partial charge in [0, 0.05) is 30.7 Å². The summed E-state index contributed by atoms with van der Waals surface area (Å²) in [6, 6.07) is 24.0. The number of rotatable bonds is 14. The van der Waals surface area contributed by atoms with Gasteiger partial charge >= 0.3 is 0 Å². The van der Waals surface area contributed by atoms with Crippen LogP contribution < -0.4 is 16.8 Å². The van der Waals surface area contributed by atoms with Crippen LogP contribution in [0.3, 0.4) is 0 Å². The number of sulfonamides is 1. The summed E-state index contributed by atoms with van der Waals surface area (Å²) in [4.78, 5) is 13.2. The number of aliphatic hydroxyl groups excluding tert-OH is 1. The first-order valence-corrected chi connectivity index (χ1v) is 14.7. The van der Waals surface area contributed by atoms with Gasteiger partial charge in [0.1, 0.15) is 0 Å². The minimum absolute atomic E-state index is 0.0493. The van der Waals surface area contributed by atoms with Gasteiger partial charge in [-0.2, -0.15) is 4.31 Å². The lowest BCUT2D eigenvalue weighted by Crippen LogP contribution is -2.46. The molecule has 0 aliphatic carbocycles. The zero-order valence-electron chi connectivity index (χ0n) is 22.6. The number of hydrogen-bond acceptors (Lipinski definition) is 6. The van der Waals surface area contributed by atoms with Gasteiger partial charge in [-0.25, -0.2) is 8.42 Å². The Hall–Kier alpha value is -3.24. The molecule has 0 spiro atoms. The third kappa shape index (κ3) is 8.12. The maximum Gasteiger partial charge on any atom is 0.243 e. The Morgan fingerprint density at radius 2 is 1.46 bits per heavy atom. The van der Waals surface area contributed by atoms with Crippen molar-refractivity contribution in [1.29, 1.82) is 0 Å². The molecule has 3 aromatic rings. The number of hydrogen-bond donors (Lipinski definition) is 4. The molecule has 3 aromatic carbocycles. The summed E-state index contributed by atoms with van der Waals surface area (Å²) in [5, 5.41) is 13.1. The number of benzene rings is 3. The molecule has 0 aromatic heterocycles. The highest BCUT2D eigenvalue weighted by Crippen LogP contribution is 2.27. The number of amides is 1. The van der Waals surface area contributed by atoms with Crippen molar-refractivity contribution in [2.75, 3.05) is 25.4 Å². The largest absolute Gasteiger partial charge is 0.399 e. The van der Waals surface area contributed by atoms with E-state index in [-0.39, 0.29) is 35.8 Å². The first-order valence-electron chi connectivity index (χ1n) is 13.3. The Bertz CT molecular complexity index is 1230. The molecule has 0 saturated heterocycles. The summed E-state index contributed by atoms with van der Waals surface area (Å²) in [5.41, 5.74) is 14.6. The van der Waals surface area contributed by atoms with Gasteiger partial charge in [-0.3, -0.25) is 4.79 Å². The Morgan fingerprint density at radius 1 is 0.923 bits per heavy atom. The zero-order chi connectivity index (χ0) is 28.4. The summed E-state index contributed by atoms with van der Waals surface area (Å²) in [7, 11) is -3.85. The van der Waals surface area contributed by atoms with Crippen LogP contribution in [-0.4, -0.2) is 55.5 Å². The predicted molar refractivity (Wildman–Crippen MR) is 155 cm³/mol. The smallest absolute Gasteiger partial charge is 0.243 e. The molecule has 9 heteroatoms. The summed E-state index contributed by atoms with van der Waals surface area (Å²) in [6.45, 7) is 4.08. The molecule has 8 nitrogen and oxygen atoms in total. The molecule has 6 N–H and O–H groups in total. The van der Waals surface area contributed by atoms with E-state index in [9.17, 15) is 18.3 Å². The van der Waals surface area contributed by atoms with Crippen LogP contribution in [-0.2, 0) is 14.8 Å². The summed E-state index contributed by atoms with van der Waals surface area (Å²) < 4.78 is 28.2. The lowest BCUT2D eigenvalue weighted by Gasteiger charge is -2.31. The Morgan fingerprint density at radius 3 is 1.95 bits per heavy atom. The monoisotopic (exact) mass is 552 g/mol. The average molecular weight is 553 g/mol. The number of nitrogen functional groups attached to an aromatic ring is 1. The molecule has 0 aliphatic rings. The summed E-state index contributed by atoms with van der Waals surface area (Å²) >= 11 is 0. The quantitative estimate of drug-likeness (QED) is 0.179. The normalized spacial score (nSPS) is 13.5. The second kappa shape index (κ2) is 14.2. The number of anilines is 1. The SMILES string of the molecule is CC(C)CN(C(CO)CCCNC(=O)[C@@H](N)C(c1ccccc1)c1ccccc1)S(=O)(=O)c1ccc(N)cc1. The van der Waals surface area contributed by atoms with Gasteiger partial charge in [0.05, 0.1) is 17.5 Å². The standard InChI is InChI=1S/C30H40N4O4S/c1-22(2)20-34(39(37,38)27-17-15-25(31)16-18-27)26(21-35)14-9-19-33-30(36)29(32)28(23-10-5-3-6-11-23)24-12-7-4-8-13-24/h3-8,10-13,15-18,22,26,28-29,35H,9,14,19-21,31-32H2,1-2H3,(H,33,36)/t26?,29-/m0/s1. The van der Waals surface area contributed by atoms with E-state index in [2.05, 4.69) is 5.32 Å². The highest BCUT2D eigenvalue weighted by atomic mass is 32.2. The highest BCUT2D eigenvalue weighted by Gasteiger charge is 2.32. The molecule has 210 valence electrons. The van der Waals surface area contributed by atoms with E-state index in [1.165, 1.54) is 16.4 Å². The minimum Gasteiger partial charge on any atom is -0.399 e. The van der Waals surface area contributed by atoms with E-state index in [0.29, 0.717) is 25.1 Å². The molecular formula is C30H40N4O4S. The van der Waals surface area contributed by atoms with Crippen molar-refractivity contribution >= 4 is 21.6 Å². The molecule has 39 heavy (non-hydrogen) atoms. The molecule has 0 radical (unpaired) electrons. The summed E-state index contributed by atoms with van der Waals surface area (Å²) in [5.74, 6) is -0.556. The van der Waals surface area contributed by atoms with Crippen molar-refractivity contribution in [2.45, 2.75) is 49.6 Å². The van der Waals surface area contributed by atoms with Gasteiger partial charge in [-0.1, -0.05) is 74.5 Å². The molecule has 0 fully saturated rings. The van der Waals surface area contributed by atoms with E-state index in [4.69, 9.17) is 11.5 Å². The molecule has 0 bridgehead atoms. The molecular weight excluding hydrogens is 512 g/mol. The van der Waals surface area contributed by atoms with Gasteiger partial charge in [-0.05, 0) is 54.2 Å². The molecule has 0 heterocycles. The van der Waals surface area contributed by atoms with Crippen LogP contribution in [0.1, 0.15) is 43.7 Å². The lowest BCUT2D eigenvalue weighted by molar-refractivity contribution is -0.122. The Labute approximate surface area is 232 Å². The predicted octanol–water partition coefficient (Wildman–Crippen LogP) is 3.33. The van der Waals surface area contributed by atoms with Crippen molar-refractivity contribution in [3.8, 4) is 0 Å². The third-order valence-corrected chi connectivity index (χ3v) is 8.57. The fourth-order valence-corrected chi connectivity index (χ4v) is 6.46. The Kier molecular flexibility index (Phi) is 11.1. The maximum absolute atomic E-state index is 13.4. The van der Waals surface area contributed by atoms with Crippen LogP contribution in [0.2, 0.25) is 0 Å². The molecule has 2 atom stereocenters. The van der Waals surface area contributed by atoms with E-state index < -0.39 is 22.1 Å². The molecule has 0 aliphatic heterocycles. The van der Waals surface area contributed by atoms with Crippen LogP contribution in [0.5, 0.6) is 0 Å². The van der Waals surface area contributed by atoms with Crippen molar-refractivity contribution in [2.24, 2.45) is 11.7 Å². The molecule has 0 saturated carbocycles. The first-order chi connectivity index (χ1) is 18.6. The van der Waals surface area contributed by atoms with Gasteiger partial charge in [0.15, 0.2) is 0 Å². The molecule has 3 rings (SSSR count). The number of carbonyl (C=O) groups is 1. The molecule has 1 unspecified atom stereocenters. The van der Waals surface area contributed by atoms with Gasteiger partial charge in [0.25, 0.3) is 0 Å². The van der Waals surface area contributed by atoms with Crippen LogP contribution >= 0.6 is 0 Å². The van der Waals surface area contributed by atoms with Crippen molar-refractivity contribution in [3.05, 3.63) is 96.1 Å². The molecule has 1 amide bonds. The van der Waals surface area contributed by atoms with Crippen LogP contribution in [0.25, 0.3) is 0 Å². The number of aliphatic hydroxyl groups is 1. The number of nitrogens with zero attached hydrogens (tertiary/aromatic N) is 1. The maximum atomic E-state index is 13.4. The second-order valence-electron chi connectivity index (χ2n) is 10.1. The van der Waals surface area contributed by atoms with Crippen LogP contribution in [0.4, 0.5) is 5.69 Å². The summed E-state index contributed by atoms with van der Waals surface area (Å²) in [6.07, 6.45) is 0.838. The lowest BCUT2D eigenvalue weighted by atomic mass is 9.85. The number of nitrogens with two attached hydrogens (primary N) is 2. The Balaban J connectivity index is 1.66. The first kappa shape index (κ1) is 30.3. The van der Waals surface area contributed by atoms with E-state index in [1.807, 2.05) is 74.5 Å². The fourth-order valence-electron chi connectivity index (χ4n) is 4.65. The average Bonchev–Trinajstić information content (AvgIpc) is 2.93. The van der Waals surface area contributed by atoms with Crippen molar-refractivity contribution in [3.63, 3.8) is 0 Å². The van der Waals surface area contributed by atoms with Gasteiger partial charge < -0.3 is 21.9 Å². The van der Waals surface area contributed by atoms with Gasteiger partial charge in [0.2, 0.25) is 15.9 Å². The third-order valence-electron chi connectivity index (χ3n) is 6.64. The van der Waals surface area contributed by atoms with Crippen molar-refractivity contribution in [1.82, 2.24) is 9.62 Å². The topological polar surface area (TPSA) is 139 Å².